The van der Waals surface area contributed by atoms with Crippen LogP contribution in [0, 0.1) is 0 Å². The summed E-state index contributed by atoms with van der Waals surface area (Å²) in [7, 11) is 2.55. The maximum absolute atomic E-state index is 12.8. The SMILES string of the molecule is CO[C@@]1(c2ccc(Cl)cc2)Oc2ccccc2C(=O)[C@@]1(O)OC. The number of hydrogen-bond acceptors (Lipinski definition) is 5. The number of fused-ring (bicyclic) bond motifs is 1. The van der Waals surface area contributed by atoms with Gasteiger partial charge in [0.15, 0.2) is 0 Å². The molecule has 0 spiro atoms. The van der Waals surface area contributed by atoms with E-state index in [0.717, 1.165) is 0 Å². The molecule has 1 N–H and O–H groups in total. The van der Waals surface area contributed by atoms with Gasteiger partial charge in [0.2, 0.25) is 5.78 Å². The predicted molar refractivity (Wildman–Crippen MR) is 83.5 cm³/mol. The molecule has 0 fully saturated rings. The number of rotatable bonds is 3. The van der Waals surface area contributed by atoms with Crippen molar-refractivity contribution in [1.82, 2.24) is 0 Å². The second-order valence-electron chi connectivity index (χ2n) is 5.10. The van der Waals surface area contributed by atoms with Crippen LogP contribution >= 0.6 is 11.6 Å². The summed E-state index contributed by atoms with van der Waals surface area (Å²) in [5.41, 5.74) is 0.620. The second kappa shape index (κ2) is 5.62. The number of ether oxygens (including phenoxy) is 3. The van der Waals surface area contributed by atoms with Crippen LogP contribution in [0.3, 0.4) is 0 Å². The van der Waals surface area contributed by atoms with Crippen LogP contribution in [-0.4, -0.2) is 30.9 Å². The lowest BCUT2D eigenvalue weighted by Crippen LogP contribution is -2.64. The van der Waals surface area contributed by atoms with E-state index in [4.69, 9.17) is 25.8 Å². The van der Waals surface area contributed by atoms with Crippen LogP contribution in [0.4, 0.5) is 0 Å². The number of Topliss-reactive ketones (excluding diaryl/α,β-unsaturated/α-hetero) is 1. The van der Waals surface area contributed by atoms with Crippen LogP contribution < -0.4 is 4.74 Å². The molecular formula is C17H15ClO5. The van der Waals surface area contributed by atoms with Gasteiger partial charge in [0.05, 0.1) is 5.56 Å². The molecule has 2 aromatic rings. The minimum absolute atomic E-state index is 0.221. The van der Waals surface area contributed by atoms with Crippen molar-refractivity contribution in [2.24, 2.45) is 0 Å². The van der Waals surface area contributed by atoms with Crippen molar-refractivity contribution in [2.75, 3.05) is 14.2 Å². The number of methoxy groups -OCH3 is 2. The van der Waals surface area contributed by atoms with Crippen LogP contribution in [0.5, 0.6) is 5.75 Å². The molecule has 2 aromatic carbocycles. The minimum Gasteiger partial charge on any atom is -0.451 e. The summed E-state index contributed by atoms with van der Waals surface area (Å²) < 4.78 is 16.6. The van der Waals surface area contributed by atoms with Crippen molar-refractivity contribution in [1.29, 1.82) is 0 Å². The number of benzene rings is 2. The Balaban J connectivity index is 2.26. The van der Waals surface area contributed by atoms with Crippen molar-refractivity contribution in [3.63, 3.8) is 0 Å². The quantitative estimate of drug-likeness (QED) is 0.874. The topological polar surface area (TPSA) is 65.0 Å². The molecule has 0 aromatic heterocycles. The van der Waals surface area contributed by atoms with Gasteiger partial charge in [0, 0.05) is 24.8 Å². The Morgan fingerprint density at radius 1 is 1.04 bits per heavy atom. The number of para-hydroxylation sites is 1. The first-order valence-electron chi connectivity index (χ1n) is 6.90. The fourth-order valence-corrected chi connectivity index (χ4v) is 2.87. The van der Waals surface area contributed by atoms with Gasteiger partial charge in [-0.3, -0.25) is 4.79 Å². The first kappa shape index (κ1) is 16.0. The van der Waals surface area contributed by atoms with Gasteiger partial charge < -0.3 is 19.3 Å². The number of halogens is 1. The fraction of sp³-hybridized carbons (Fsp3) is 0.235. The number of hydrogen-bond donors (Lipinski definition) is 1. The van der Waals surface area contributed by atoms with E-state index >= 15 is 0 Å². The van der Waals surface area contributed by atoms with Crippen molar-refractivity contribution in [3.8, 4) is 5.75 Å². The van der Waals surface area contributed by atoms with Gasteiger partial charge in [-0.2, -0.15) is 0 Å². The highest BCUT2D eigenvalue weighted by molar-refractivity contribution is 6.30. The summed E-state index contributed by atoms with van der Waals surface area (Å²) in [5, 5.41) is 11.5. The van der Waals surface area contributed by atoms with Gasteiger partial charge in [-0.05, 0) is 24.3 Å². The van der Waals surface area contributed by atoms with Gasteiger partial charge in [-0.1, -0.05) is 35.9 Å². The Labute approximate surface area is 138 Å². The molecule has 0 saturated heterocycles. The zero-order valence-corrected chi connectivity index (χ0v) is 13.3. The highest BCUT2D eigenvalue weighted by atomic mass is 35.5. The van der Waals surface area contributed by atoms with E-state index in [1.54, 1.807) is 48.5 Å². The van der Waals surface area contributed by atoms with E-state index in [-0.39, 0.29) is 5.56 Å². The van der Waals surface area contributed by atoms with Crippen LogP contribution in [0.1, 0.15) is 15.9 Å². The Kier molecular flexibility index (Phi) is 3.90. The summed E-state index contributed by atoms with van der Waals surface area (Å²) >= 11 is 5.91. The second-order valence-corrected chi connectivity index (χ2v) is 5.54. The van der Waals surface area contributed by atoms with E-state index < -0.39 is 17.4 Å². The molecular weight excluding hydrogens is 320 g/mol. The molecule has 3 rings (SSSR count). The van der Waals surface area contributed by atoms with Gasteiger partial charge >= 0.3 is 5.79 Å². The molecule has 1 heterocycles. The summed E-state index contributed by atoms with van der Waals surface area (Å²) in [4.78, 5) is 12.8. The number of carbonyl (C=O) groups is 1. The Morgan fingerprint density at radius 2 is 1.70 bits per heavy atom. The molecule has 0 saturated carbocycles. The lowest BCUT2D eigenvalue weighted by molar-refractivity contribution is -0.346. The molecule has 0 aliphatic carbocycles. The molecule has 6 heteroatoms. The van der Waals surface area contributed by atoms with Crippen molar-refractivity contribution in [3.05, 3.63) is 64.7 Å². The molecule has 0 bridgehead atoms. The zero-order valence-electron chi connectivity index (χ0n) is 12.6. The molecule has 1 aliphatic heterocycles. The first-order valence-corrected chi connectivity index (χ1v) is 7.28. The monoisotopic (exact) mass is 334 g/mol. The maximum atomic E-state index is 12.8. The van der Waals surface area contributed by atoms with E-state index in [1.165, 1.54) is 14.2 Å². The van der Waals surface area contributed by atoms with E-state index in [0.29, 0.717) is 16.3 Å². The first-order chi connectivity index (χ1) is 11.0. The number of ketones is 1. The van der Waals surface area contributed by atoms with Crippen LogP contribution in [0.15, 0.2) is 48.5 Å². The lowest BCUT2D eigenvalue weighted by Gasteiger charge is -2.46. The van der Waals surface area contributed by atoms with Crippen molar-refractivity contribution >= 4 is 17.4 Å². The Bertz CT molecular complexity index is 745. The maximum Gasteiger partial charge on any atom is 0.304 e. The fourth-order valence-electron chi connectivity index (χ4n) is 2.75. The highest BCUT2D eigenvalue weighted by Gasteiger charge is 2.64. The minimum atomic E-state index is -2.34. The van der Waals surface area contributed by atoms with E-state index in [9.17, 15) is 9.90 Å². The smallest absolute Gasteiger partial charge is 0.304 e. The molecule has 0 amide bonds. The summed E-state index contributed by atoms with van der Waals surface area (Å²) in [5.74, 6) is -4.53. The predicted octanol–water partition coefficient (Wildman–Crippen LogP) is 2.75. The van der Waals surface area contributed by atoms with Crippen molar-refractivity contribution in [2.45, 2.75) is 11.6 Å². The average Bonchev–Trinajstić information content (AvgIpc) is 2.59. The number of carbonyl (C=O) groups excluding carboxylic acids is 1. The van der Waals surface area contributed by atoms with Crippen LogP contribution in [0.2, 0.25) is 5.02 Å². The Morgan fingerprint density at radius 3 is 2.30 bits per heavy atom. The van der Waals surface area contributed by atoms with E-state index in [1.807, 2.05) is 0 Å². The average molecular weight is 335 g/mol. The Hall–Kier alpha value is -1.92. The molecule has 5 nitrogen and oxygen atoms in total. The van der Waals surface area contributed by atoms with Gasteiger partial charge in [0.25, 0.3) is 5.79 Å². The summed E-state index contributed by atoms with van der Waals surface area (Å²) in [6.07, 6.45) is 0. The number of aliphatic hydroxyl groups is 1. The molecule has 23 heavy (non-hydrogen) atoms. The molecule has 0 radical (unpaired) electrons. The third-order valence-corrected chi connectivity index (χ3v) is 4.20. The lowest BCUT2D eigenvalue weighted by atomic mass is 9.86. The third kappa shape index (κ3) is 2.16. The highest BCUT2D eigenvalue weighted by Crippen LogP contribution is 2.46. The van der Waals surface area contributed by atoms with E-state index in [2.05, 4.69) is 0 Å². The molecule has 2 atom stereocenters. The zero-order chi connectivity index (χ0) is 16.7. The molecule has 1 aliphatic rings. The summed E-state index contributed by atoms with van der Waals surface area (Å²) in [6.45, 7) is 0. The van der Waals surface area contributed by atoms with Crippen molar-refractivity contribution < 1.29 is 24.1 Å². The molecule has 120 valence electrons. The summed E-state index contributed by atoms with van der Waals surface area (Å²) in [6, 6.07) is 13.0. The third-order valence-electron chi connectivity index (χ3n) is 3.95. The van der Waals surface area contributed by atoms with Gasteiger partial charge in [0.1, 0.15) is 5.75 Å². The van der Waals surface area contributed by atoms with Gasteiger partial charge in [-0.25, -0.2) is 0 Å². The standard InChI is InChI=1S/C17H15ClO5/c1-21-16(20)15(19)13-5-3-4-6-14(13)23-17(16,22-2)11-7-9-12(18)10-8-11/h3-10,20H,1-2H3/t16-,17+/m1/s1. The normalized spacial score (nSPS) is 26.5. The van der Waals surface area contributed by atoms with Crippen LogP contribution in [0.25, 0.3) is 0 Å². The largest absolute Gasteiger partial charge is 0.451 e. The van der Waals surface area contributed by atoms with Crippen LogP contribution in [-0.2, 0) is 15.3 Å². The molecule has 0 unspecified atom stereocenters. The van der Waals surface area contributed by atoms with Gasteiger partial charge in [-0.15, -0.1) is 0 Å².